The maximum absolute atomic E-state index is 12.6. The highest BCUT2D eigenvalue weighted by Crippen LogP contribution is 2.18. The molecule has 0 spiro atoms. The van der Waals surface area contributed by atoms with Crippen molar-refractivity contribution >= 4 is 11.6 Å². The highest BCUT2D eigenvalue weighted by atomic mass is 16.1. The van der Waals surface area contributed by atoms with Gasteiger partial charge in [-0.3, -0.25) is 9.69 Å². The molecule has 0 radical (unpaired) electrons. The van der Waals surface area contributed by atoms with Crippen LogP contribution in [0.1, 0.15) is 27.0 Å². The van der Waals surface area contributed by atoms with E-state index in [0.717, 1.165) is 43.9 Å². The maximum Gasteiger partial charge on any atom is 0.251 e. The van der Waals surface area contributed by atoms with Crippen LogP contribution in [0.5, 0.6) is 0 Å². The summed E-state index contributed by atoms with van der Waals surface area (Å²) in [6, 6.07) is 26.8. The number of hydrogen-bond acceptors (Lipinski definition) is 3. The van der Waals surface area contributed by atoms with E-state index in [0.29, 0.717) is 6.54 Å². The average Bonchev–Trinajstić information content (AvgIpc) is 2.79. The number of carbonyl (C=O) groups is 1. The lowest BCUT2D eigenvalue weighted by Gasteiger charge is -2.36. The Morgan fingerprint density at radius 3 is 2.27 bits per heavy atom. The van der Waals surface area contributed by atoms with Crippen LogP contribution in [0.2, 0.25) is 0 Å². The van der Waals surface area contributed by atoms with Gasteiger partial charge in [0.1, 0.15) is 0 Å². The minimum absolute atomic E-state index is 0.0232. The Morgan fingerprint density at radius 1 is 0.833 bits per heavy atom. The first-order chi connectivity index (χ1) is 14.7. The molecule has 4 heteroatoms. The summed E-state index contributed by atoms with van der Waals surface area (Å²) >= 11 is 0. The largest absolute Gasteiger partial charge is 0.369 e. The number of aryl methyl sites for hydroxylation is 1. The second-order valence-corrected chi connectivity index (χ2v) is 7.97. The molecule has 1 aliphatic heterocycles. The fourth-order valence-electron chi connectivity index (χ4n) is 3.87. The summed E-state index contributed by atoms with van der Waals surface area (Å²) in [5.41, 5.74) is 5.61. The van der Waals surface area contributed by atoms with Crippen molar-refractivity contribution in [2.24, 2.45) is 0 Å². The Labute approximate surface area is 179 Å². The van der Waals surface area contributed by atoms with Gasteiger partial charge in [0.25, 0.3) is 5.91 Å². The second-order valence-electron chi connectivity index (χ2n) is 7.97. The van der Waals surface area contributed by atoms with Crippen LogP contribution in [-0.4, -0.2) is 37.0 Å². The van der Waals surface area contributed by atoms with Gasteiger partial charge < -0.3 is 10.2 Å². The van der Waals surface area contributed by atoms with Crippen LogP contribution in [0, 0.1) is 6.92 Å². The summed E-state index contributed by atoms with van der Waals surface area (Å²) < 4.78 is 0. The zero-order chi connectivity index (χ0) is 20.8. The van der Waals surface area contributed by atoms with Crippen LogP contribution >= 0.6 is 0 Å². The lowest BCUT2D eigenvalue weighted by atomic mass is 10.1. The zero-order valence-electron chi connectivity index (χ0n) is 17.6. The van der Waals surface area contributed by atoms with Crippen molar-refractivity contribution in [3.8, 4) is 0 Å². The summed E-state index contributed by atoms with van der Waals surface area (Å²) in [5, 5.41) is 3.01. The number of hydrogen-bond donors (Lipinski definition) is 1. The number of piperazine rings is 1. The molecule has 30 heavy (non-hydrogen) atoms. The van der Waals surface area contributed by atoms with Gasteiger partial charge in [0.15, 0.2) is 0 Å². The zero-order valence-corrected chi connectivity index (χ0v) is 17.6. The molecule has 1 heterocycles. The van der Waals surface area contributed by atoms with Crippen molar-refractivity contribution in [2.75, 3.05) is 31.1 Å². The topological polar surface area (TPSA) is 35.6 Å². The van der Waals surface area contributed by atoms with Gasteiger partial charge >= 0.3 is 0 Å². The fourth-order valence-corrected chi connectivity index (χ4v) is 3.87. The quantitative estimate of drug-likeness (QED) is 0.673. The summed E-state index contributed by atoms with van der Waals surface area (Å²) in [4.78, 5) is 17.5. The first-order valence-electron chi connectivity index (χ1n) is 10.6. The average molecular weight is 400 g/mol. The van der Waals surface area contributed by atoms with Gasteiger partial charge in [-0.1, -0.05) is 60.2 Å². The van der Waals surface area contributed by atoms with Crippen molar-refractivity contribution in [3.63, 3.8) is 0 Å². The minimum atomic E-state index is -0.0232. The van der Waals surface area contributed by atoms with Crippen molar-refractivity contribution in [3.05, 3.63) is 101 Å². The molecule has 0 aromatic heterocycles. The van der Waals surface area contributed by atoms with Gasteiger partial charge in [-0.25, -0.2) is 0 Å². The lowest BCUT2D eigenvalue weighted by molar-refractivity contribution is 0.0950. The summed E-state index contributed by atoms with van der Waals surface area (Å²) in [6.07, 6.45) is 0. The van der Waals surface area contributed by atoms with Crippen molar-refractivity contribution < 1.29 is 4.79 Å². The lowest BCUT2D eigenvalue weighted by Crippen LogP contribution is -2.46. The van der Waals surface area contributed by atoms with Gasteiger partial charge in [-0.15, -0.1) is 0 Å². The standard InChI is InChI=1S/C26H29N3O/c1-21-10-12-25(13-11-21)29-16-14-28(15-17-29)20-23-8-5-9-24(18-23)26(30)27-19-22-6-3-2-4-7-22/h2-13,18H,14-17,19-20H2,1H3,(H,27,30). The molecular formula is C26H29N3O. The molecule has 1 aliphatic rings. The molecule has 3 aromatic carbocycles. The molecule has 3 aromatic rings. The molecule has 4 rings (SSSR count). The Kier molecular flexibility index (Phi) is 6.45. The number of benzene rings is 3. The van der Waals surface area contributed by atoms with Crippen LogP contribution in [0.3, 0.4) is 0 Å². The minimum Gasteiger partial charge on any atom is -0.369 e. The molecule has 0 atom stereocenters. The Balaban J connectivity index is 1.30. The molecule has 1 N–H and O–H groups in total. The Morgan fingerprint density at radius 2 is 1.53 bits per heavy atom. The Hall–Kier alpha value is -3.11. The predicted octanol–water partition coefficient (Wildman–Crippen LogP) is 4.25. The maximum atomic E-state index is 12.6. The molecule has 0 bridgehead atoms. The van der Waals surface area contributed by atoms with Crippen molar-refractivity contribution in [1.82, 2.24) is 10.2 Å². The van der Waals surface area contributed by atoms with E-state index in [4.69, 9.17) is 0 Å². The van der Waals surface area contributed by atoms with Gasteiger partial charge in [0.05, 0.1) is 0 Å². The number of carbonyl (C=O) groups excluding carboxylic acids is 1. The van der Waals surface area contributed by atoms with Crippen molar-refractivity contribution in [2.45, 2.75) is 20.0 Å². The van der Waals surface area contributed by atoms with Crippen LogP contribution < -0.4 is 10.2 Å². The second kappa shape index (κ2) is 9.59. The summed E-state index contributed by atoms with van der Waals surface area (Å²) in [5.74, 6) is -0.0232. The van der Waals surface area contributed by atoms with E-state index in [-0.39, 0.29) is 5.91 Å². The first kappa shape index (κ1) is 20.2. The molecule has 0 saturated carbocycles. The molecular weight excluding hydrogens is 370 g/mol. The molecule has 0 unspecified atom stereocenters. The van der Waals surface area contributed by atoms with Crippen LogP contribution in [0.15, 0.2) is 78.9 Å². The number of nitrogens with zero attached hydrogens (tertiary/aromatic N) is 2. The fraction of sp³-hybridized carbons (Fsp3) is 0.269. The molecule has 0 aliphatic carbocycles. The van der Waals surface area contributed by atoms with E-state index in [9.17, 15) is 4.79 Å². The van der Waals surface area contributed by atoms with Gasteiger partial charge in [-0.05, 0) is 42.3 Å². The number of amides is 1. The third kappa shape index (κ3) is 5.28. The SMILES string of the molecule is Cc1ccc(N2CCN(Cc3cccc(C(=O)NCc4ccccc4)c3)CC2)cc1. The van der Waals surface area contributed by atoms with Gasteiger partial charge in [0.2, 0.25) is 0 Å². The smallest absolute Gasteiger partial charge is 0.251 e. The van der Waals surface area contributed by atoms with E-state index in [1.807, 2.05) is 48.5 Å². The van der Waals surface area contributed by atoms with Gasteiger partial charge in [0, 0.05) is 50.5 Å². The highest BCUT2D eigenvalue weighted by Gasteiger charge is 2.17. The highest BCUT2D eigenvalue weighted by molar-refractivity contribution is 5.94. The van der Waals surface area contributed by atoms with Crippen LogP contribution in [0.25, 0.3) is 0 Å². The monoisotopic (exact) mass is 399 g/mol. The number of rotatable bonds is 6. The van der Waals surface area contributed by atoms with E-state index >= 15 is 0 Å². The summed E-state index contributed by atoms with van der Waals surface area (Å²) in [6.45, 7) is 7.65. The van der Waals surface area contributed by atoms with Gasteiger partial charge in [-0.2, -0.15) is 0 Å². The number of nitrogens with one attached hydrogen (secondary N) is 1. The predicted molar refractivity (Wildman–Crippen MR) is 123 cm³/mol. The van der Waals surface area contributed by atoms with E-state index in [2.05, 4.69) is 52.4 Å². The third-order valence-corrected chi connectivity index (χ3v) is 5.66. The third-order valence-electron chi connectivity index (χ3n) is 5.66. The number of anilines is 1. The van der Waals surface area contributed by atoms with E-state index in [1.165, 1.54) is 16.8 Å². The first-order valence-corrected chi connectivity index (χ1v) is 10.6. The van der Waals surface area contributed by atoms with E-state index in [1.54, 1.807) is 0 Å². The summed E-state index contributed by atoms with van der Waals surface area (Å²) in [7, 11) is 0. The Bertz CT molecular complexity index is 961. The molecule has 1 fully saturated rings. The van der Waals surface area contributed by atoms with Crippen LogP contribution in [-0.2, 0) is 13.1 Å². The van der Waals surface area contributed by atoms with Crippen molar-refractivity contribution in [1.29, 1.82) is 0 Å². The van der Waals surface area contributed by atoms with E-state index < -0.39 is 0 Å². The normalized spacial score (nSPS) is 14.5. The molecule has 1 amide bonds. The molecule has 4 nitrogen and oxygen atoms in total. The van der Waals surface area contributed by atoms with Crippen LogP contribution in [0.4, 0.5) is 5.69 Å². The molecule has 1 saturated heterocycles. The molecule has 154 valence electrons.